The van der Waals surface area contributed by atoms with Gasteiger partial charge in [-0.2, -0.15) is 5.10 Å². The third kappa shape index (κ3) is 4.72. The van der Waals surface area contributed by atoms with Crippen molar-refractivity contribution in [2.75, 3.05) is 20.1 Å². The third-order valence-electron chi connectivity index (χ3n) is 7.59. The molecule has 1 fully saturated rings. The lowest BCUT2D eigenvalue weighted by atomic mass is 9.84. The molecule has 36 heavy (non-hydrogen) atoms. The van der Waals surface area contributed by atoms with Gasteiger partial charge in [0.2, 0.25) is 0 Å². The summed E-state index contributed by atoms with van der Waals surface area (Å²) in [5.74, 6) is 0.638. The fourth-order valence-corrected chi connectivity index (χ4v) is 5.57. The molecule has 3 aromatic rings. The Morgan fingerprint density at radius 2 is 1.89 bits per heavy atom. The summed E-state index contributed by atoms with van der Waals surface area (Å²) in [6, 6.07) is 11.9. The molecule has 2 aliphatic rings. The van der Waals surface area contributed by atoms with E-state index in [1.54, 1.807) is 24.0 Å². The highest BCUT2D eigenvalue weighted by Crippen LogP contribution is 2.31. The monoisotopic (exact) mass is 488 g/mol. The molecule has 8 heteroatoms. The van der Waals surface area contributed by atoms with E-state index in [9.17, 15) is 14.4 Å². The van der Waals surface area contributed by atoms with Gasteiger partial charge in [0.05, 0.1) is 11.1 Å². The number of likely N-dealkylation sites (N-methyl/N-ethyl adjacent to an activating group) is 1. The zero-order valence-electron chi connectivity index (χ0n) is 20.9. The Morgan fingerprint density at radius 3 is 2.58 bits per heavy atom. The second kappa shape index (κ2) is 10.1. The number of nitrogens with zero attached hydrogens (tertiary/aromatic N) is 4. The van der Waals surface area contributed by atoms with Crippen molar-refractivity contribution in [1.29, 1.82) is 0 Å². The first kappa shape index (κ1) is 24.0. The molecule has 2 amide bonds. The molecule has 5 rings (SSSR count). The highest BCUT2D eigenvalue weighted by molar-refractivity contribution is 6.09. The van der Waals surface area contributed by atoms with Gasteiger partial charge >= 0.3 is 0 Å². The molecule has 1 aliphatic heterocycles. The van der Waals surface area contributed by atoms with Crippen LogP contribution >= 0.6 is 0 Å². The SMILES string of the molecule is CN(C(=O)c1ccn(C)n1)[C@@H](Cc1ccccc1)C1CCN(C(=O)c2coc3c2C(=O)CCC3)CC1. The fourth-order valence-electron chi connectivity index (χ4n) is 5.57. The minimum atomic E-state index is -0.133. The predicted molar refractivity (Wildman–Crippen MR) is 134 cm³/mol. The summed E-state index contributed by atoms with van der Waals surface area (Å²) in [5.41, 5.74) is 2.48. The predicted octanol–water partition coefficient (Wildman–Crippen LogP) is 3.77. The number of aryl methyl sites for hydroxylation is 2. The van der Waals surface area contributed by atoms with E-state index < -0.39 is 0 Å². The normalized spacial score (nSPS) is 17.1. The minimum absolute atomic E-state index is 0.000759. The minimum Gasteiger partial charge on any atom is -0.468 e. The molecule has 0 radical (unpaired) electrons. The topological polar surface area (TPSA) is 88.7 Å². The zero-order chi connectivity index (χ0) is 25.2. The average Bonchev–Trinajstić information content (AvgIpc) is 3.54. The standard InChI is InChI=1S/C28H32N4O4/c1-30-14-13-22(29-30)28(35)31(2)23(17-19-7-4-3-5-8-19)20-11-15-32(16-12-20)27(34)21-18-36-25-10-6-9-24(33)26(21)25/h3-5,7-8,13-14,18,20,23H,6,9-12,15-17H2,1-2H3/t23-/m0/s1. The number of furan rings is 1. The van der Waals surface area contributed by atoms with Crippen molar-refractivity contribution in [3.05, 3.63) is 77.0 Å². The number of likely N-dealkylation sites (tertiary alicyclic amines) is 1. The molecule has 2 aromatic heterocycles. The molecule has 8 nitrogen and oxygen atoms in total. The van der Waals surface area contributed by atoms with Crippen molar-refractivity contribution in [3.8, 4) is 0 Å². The molecular formula is C28H32N4O4. The Balaban J connectivity index is 1.31. The molecule has 1 aromatic carbocycles. The van der Waals surface area contributed by atoms with Gasteiger partial charge in [0.15, 0.2) is 5.78 Å². The van der Waals surface area contributed by atoms with Gasteiger partial charge in [-0.1, -0.05) is 30.3 Å². The largest absolute Gasteiger partial charge is 0.468 e. The van der Waals surface area contributed by atoms with Gasteiger partial charge in [-0.05, 0) is 43.2 Å². The van der Waals surface area contributed by atoms with Crippen LogP contribution in [0.3, 0.4) is 0 Å². The number of rotatable bonds is 6. The van der Waals surface area contributed by atoms with Crippen molar-refractivity contribution in [2.24, 2.45) is 13.0 Å². The Morgan fingerprint density at radius 1 is 1.14 bits per heavy atom. The van der Waals surface area contributed by atoms with Crippen LogP contribution in [0.15, 0.2) is 53.3 Å². The third-order valence-corrected chi connectivity index (χ3v) is 7.59. The fraction of sp³-hybridized carbons (Fsp3) is 0.429. The summed E-state index contributed by atoms with van der Waals surface area (Å²) in [4.78, 5) is 42.7. The molecule has 0 bridgehead atoms. The number of carbonyl (C=O) groups excluding carboxylic acids is 3. The van der Waals surface area contributed by atoms with Crippen LogP contribution in [-0.4, -0.2) is 63.4 Å². The molecule has 1 atom stereocenters. The van der Waals surface area contributed by atoms with E-state index in [-0.39, 0.29) is 29.6 Å². The Bertz CT molecular complexity index is 1250. The van der Waals surface area contributed by atoms with E-state index in [0.717, 1.165) is 25.7 Å². The highest BCUT2D eigenvalue weighted by atomic mass is 16.3. The molecule has 3 heterocycles. The van der Waals surface area contributed by atoms with E-state index in [1.807, 2.05) is 35.0 Å². The maximum atomic E-state index is 13.3. The van der Waals surface area contributed by atoms with Crippen LogP contribution in [0, 0.1) is 5.92 Å². The number of Topliss-reactive ketones (excluding diaryl/α,β-unsaturated/α-hetero) is 1. The summed E-state index contributed by atoms with van der Waals surface area (Å²) in [5, 5.41) is 4.31. The van der Waals surface area contributed by atoms with Gasteiger partial charge in [-0.15, -0.1) is 0 Å². The molecule has 0 N–H and O–H groups in total. The molecule has 188 valence electrons. The van der Waals surface area contributed by atoms with Crippen LogP contribution in [0.5, 0.6) is 0 Å². The summed E-state index contributed by atoms with van der Waals surface area (Å²) in [6.07, 6.45) is 7.45. The van der Waals surface area contributed by atoms with Gasteiger partial charge in [0.1, 0.15) is 17.7 Å². The van der Waals surface area contributed by atoms with Crippen molar-refractivity contribution >= 4 is 17.6 Å². The van der Waals surface area contributed by atoms with Crippen LogP contribution in [0.4, 0.5) is 0 Å². The van der Waals surface area contributed by atoms with Crippen molar-refractivity contribution in [1.82, 2.24) is 19.6 Å². The smallest absolute Gasteiger partial charge is 0.274 e. The average molecular weight is 489 g/mol. The number of amides is 2. The van der Waals surface area contributed by atoms with Gasteiger partial charge in [0.25, 0.3) is 11.8 Å². The first-order valence-electron chi connectivity index (χ1n) is 12.7. The maximum Gasteiger partial charge on any atom is 0.274 e. The van der Waals surface area contributed by atoms with Gasteiger partial charge in [-0.3, -0.25) is 19.1 Å². The highest BCUT2D eigenvalue weighted by Gasteiger charge is 2.36. The Labute approximate surface area is 210 Å². The molecule has 0 saturated carbocycles. The van der Waals surface area contributed by atoms with E-state index in [2.05, 4.69) is 17.2 Å². The Kier molecular flexibility index (Phi) is 6.76. The number of aromatic nitrogens is 2. The lowest BCUT2D eigenvalue weighted by Gasteiger charge is -2.40. The number of hydrogen-bond acceptors (Lipinski definition) is 5. The van der Waals surface area contributed by atoms with Gasteiger partial charge < -0.3 is 14.2 Å². The zero-order valence-corrected chi connectivity index (χ0v) is 20.9. The number of benzene rings is 1. The van der Waals surface area contributed by atoms with E-state index in [0.29, 0.717) is 48.5 Å². The number of ketones is 1. The van der Waals surface area contributed by atoms with Crippen molar-refractivity contribution in [3.63, 3.8) is 0 Å². The number of carbonyl (C=O) groups is 3. The summed E-state index contributed by atoms with van der Waals surface area (Å²) in [7, 11) is 3.65. The summed E-state index contributed by atoms with van der Waals surface area (Å²) in [6.45, 7) is 1.16. The lowest BCUT2D eigenvalue weighted by Crippen LogP contribution is -2.48. The van der Waals surface area contributed by atoms with Gasteiger partial charge in [0, 0.05) is 52.3 Å². The van der Waals surface area contributed by atoms with E-state index >= 15 is 0 Å². The molecule has 1 saturated heterocycles. The number of hydrogen-bond donors (Lipinski definition) is 0. The van der Waals surface area contributed by atoms with Crippen molar-refractivity contribution < 1.29 is 18.8 Å². The second-order valence-corrected chi connectivity index (χ2v) is 9.90. The number of piperidine rings is 1. The summed E-state index contributed by atoms with van der Waals surface area (Å²) < 4.78 is 7.21. The van der Waals surface area contributed by atoms with Crippen LogP contribution < -0.4 is 0 Å². The second-order valence-electron chi connectivity index (χ2n) is 9.90. The van der Waals surface area contributed by atoms with Gasteiger partial charge in [-0.25, -0.2) is 0 Å². The first-order valence-corrected chi connectivity index (χ1v) is 12.7. The maximum absolute atomic E-state index is 13.3. The molecule has 0 spiro atoms. The summed E-state index contributed by atoms with van der Waals surface area (Å²) >= 11 is 0. The van der Waals surface area contributed by atoms with E-state index in [4.69, 9.17) is 4.42 Å². The van der Waals surface area contributed by atoms with Crippen LogP contribution in [0.1, 0.15) is 68.2 Å². The quantitative estimate of drug-likeness (QED) is 0.527. The lowest BCUT2D eigenvalue weighted by molar-refractivity contribution is 0.0517. The van der Waals surface area contributed by atoms with Crippen molar-refractivity contribution in [2.45, 2.75) is 44.6 Å². The molecule has 1 aliphatic carbocycles. The van der Waals surface area contributed by atoms with Crippen LogP contribution in [0.2, 0.25) is 0 Å². The van der Waals surface area contributed by atoms with Crippen LogP contribution in [-0.2, 0) is 19.9 Å². The molecular weight excluding hydrogens is 456 g/mol. The van der Waals surface area contributed by atoms with Crippen LogP contribution in [0.25, 0.3) is 0 Å². The Hall–Kier alpha value is -3.68. The van der Waals surface area contributed by atoms with E-state index in [1.165, 1.54) is 11.8 Å². The first-order chi connectivity index (χ1) is 17.4. The molecule has 0 unspecified atom stereocenters. The number of fused-ring (bicyclic) bond motifs is 1.